The van der Waals surface area contributed by atoms with Crippen molar-refractivity contribution >= 4 is 24.3 Å². The molecule has 0 bridgehead atoms. The maximum atomic E-state index is 12.4. The fourth-order valence-corrected chi connectivity index (χ4v) is 2.28. The number of hydrogen-bond donors (Lipinski definition) is 3. The SMILES string of the molecule is Cl.O=C(Nc1n[nH]c(C(F)(F)F)n1)C1Cc2ccccc2CN1. The van der Waals surface area contributed by atoms with Gasteiger partial charge in [0.2, 0.25) is 17.7 Å². The van der Waals surface area contributed by atoms with Crippen molar-refractivity contribution in [1.82, 2.24) is 20.5 Å². The number of aromatic amines is 1. The second kappa shape index (κ2) is 6.55. The number of amides is 1. The number of nitrogens with one attached hydrogen (secondary N) is 3. The van der Waals surface area contributed by atoms with E-state index in [1.807, 2.05) is 24.3 Å². The fraction of sp³-hybridized carbons (Fsp3) is 0.308. The van der Waals surface area contributed by atoms with Crippen LogP contribution in [-0.2, 0) is 23.9 Å². The second-order valence-corrected chi connectivity index (χ2v) is 4.90. The van der Waals surface area contributed by atoms with Crippen LogP contribution in [0.5, 0.6) is 0 Å². The Morgan fingerprint density at radius 3 is 2.61 bits per heavy atom. The summed E-state index contributed by atoms with van der Waals surface area (Å²) in [5.41, 5.74) is 2.14. The van der Waals surface area contributed by atoms with Crippen molar-refractivity contribution in [2.45, 2.75) is 25.2 Å². The summed E-state index contributed by atoms with van der Waals surface area (Å²) in [6.45, 7) is 0.524. The summed E-state index contributed by atoms with van der Waals surface area (Å²) in [7, 11) is 0. The van der Waals surface area contributed by atoms with Crippen LogP contribution in [0.15, 0.2) is 24.3 Å². The number of nitrogens with zero attached hydrogens (tertiary/aromatic N) is 2. The van der Waals surface area contributed by atoms with Gasteiger partial charge in [0.15, 0.2) is 0 Å². The van der Waals surface area contributed by atoms with Crippen LogP contribution in [0.4, 0.5) is 19.1 Å². The molecule has 0 saturated heterocycles. The van der Waals surface area contributed by atoms with Gasteiger partial charge in [0.05, 0.1) is 6.04 Å². The highest BCUT2D eigenvalue weighted by Gasteiger charge is 2.35. The number of alkyl halides is 3. The normalized spacial score (nSPS) is 17.1. The van der Waals surface area contributed by atoms with Crippen LogP contribution in [0.3, 0.4) is 0 Å². The fourth-order valence-electron chi connectivity index (χ4n) is 2.28. The van der Waals surface area contributed by atoms with Crippen LogP contribution < -0.4 is 10.6 Å². The van der Waals surface area contributed by atoms with E-state index in [2.05, 4.69) is 20.7 Å². The molecule has 2 aromatic rings. The zero-order chi connectivity index (χ0) is 15.7. The molecule has 2 heterocycles. The standard InChI is InChI=1S/C13H12F3N5O.ClH/c14-13(15,16)11-19-12(21-20-11)18-10(22)9-5-7-3-1-2-4-8(7)6-17-9;/h1-4,9,17H,5-6H2,(H2,18,19,20,21,22);1H. The lowest BCUT2D eigenvalue weighted by molar-refractivity contribution is -0.144. The van der Waals surface area contributed by atoms with Crippen LogP contribution in [0.1, 0.15) is 17.0 Å². The van der Waals surface area contributed by atoms with Crippen molar-refractivity contribution in [1.29, 1.82) is 0 Å². The number of hydrogen-bond acceptors (Lipinski definition) is 4. The molecular weight excluding hydrogens is 335 g/mol. The first kappa shape index (κ1) is 17.2. The Balaban J connectivity index is 0.00000192. The van der Waals surface area contributed by atoms with Gasteiger partial charge in [0.25, 0.3) is 0 Å². The Morgan fingerprint density at radius 2 is 1.96 bits per heavy atom. The van der Waals surface area contributed by atoms with Crippen LogP contribution in [-0.4, -0.2) is 27.1 Å². The first-order valence-corrected chi connectivity index (χ1v) is 6.54. The van der Waals surface area contributed by atoms with Crippen LogP contribution in [0.2, 0.25) is 0 Å². The van der Waals surface area contributed by atoms with Gasteiger partial charge in [-0.2, -0.15) is 18.2 Å². The van der Waals surface area contributed by atoms with Crippen molar-refractivity contribution in [2.24, 2.45) is 0 Å². The number of halogens is 4. The molecule has 1 amide bonds. The lowest BCUT2D eigenvalue weighted by atomic mass is 9.95. The molecule has 3 rings (SSSR count). The van der Waals surface area contributed by atoms with Gasteiger partial charge in [0.1, 0.15) is 0 Å². The Hall–Kier alpha value is -2.13. The molecule has 1 atom stereocenters. The molecule has 0 aliphatic carbocycles. The molecule has 1 aliphatic heterocycles. The summed E-state index contributed by atoms with van der Waals surface area (Å²) in [6, 6.07) is 7.13. The summed E-state index contributed by atoms with van der Waals surface area (Å²) in [6.07, 6.45) is -4.17. The minimum atomic E-state index is -4.63. The van der Waals surface area contributed by atoms with E-state index in [1.165, 1.54) is 0 Å². The van der Waals surface area contributed by atoms with Crippen molar-refractivity contribution in [3.8, 4) is 0 Å². The van der Waals surface area contributed by atoms with E-state index in [0.29, 0.717) is 13.0 Å². The number of fused-ring (bicyclic) bond motifs is 1. The van der Waals surface area contributed by atoms with Gasteiger partial charge >= 0.3 is 6.18 Å². The molecule has 1 aliphatic rings. The monoisotopic (exact) mass is 347 g/mol. The van der Waals surface area contributed by atoms with E-state index < -0.39 is 29.9 Å². The Bertz CT molecular complexity index is 703. The third kappa shape index (κ3) is 3.80. The van der Waals surface area contributed by atoms with E-state index in [4.69, 9.17) is 0 Å². The molecule has 6 nitrogen and oxygen atoms in total. The van der Waals surface area contributed by atoms with Gasteiger partial charge in [-0.15, -0.1) is 17.5 Å². The highest BCUT2D eigenvalue weighted by Crippen LogP contribution is 2.26. The topological polar surface area (TPSA) is 82.7 Å². The number of carbonyl (C=O) groups excluding carboxylic acids is 1. The minimum Gasteiger partial charge on any atom is -0.301 e. The van der Waals surface area contributed by atoms with E-state index >= 15 is 0 Å². The summed E-state index contributed by atoms with van der Waals surface area (Å²) in [5.74, 6) is -2.11. The summed E-state index contributed by atoms with van der Waals surface area (Å²) >= 11 is 0. The predicted octanol–water partition coefficient (Wildman–Crippen LogP) is 1.90. The number of benzene rings is 1. The Morgan fingerprint density at radius 1 is 1.26 bits per heavy atom. The maximum absolute atomic E-state index is 12.4. The van der Waals surface area contributed by atoms with Crippen molar-refractivity contribution in [3.05, 3.63) is 41.2 Å². The summed E-state index contributed by atoms with van der Waals surface area (Å²) in [4.78, 5) is 15.3. The molecule has 23 heavy (non-hydrogen) atoms. The number of aromatic nitrogens is 3. The Labute approximate surface area is 135 Å². The predicted molar refractivity (Wildman–Crippen MR) is 78.0 cm³/mol. The molecular formula is C13H13ClF3N5O. The molecule has 0 fully saturated rings. The zero-order valence-electron chi connectivity index (χ0n) is 11.6. The average molecular weight is 348 g/mol. The molecule has 1 unspecified atom stereocenters. The number of rotatable bonds is 2. The number of H-pyrrole nitrogens is 1. The lowest BCUT2D eigenvalue weighted by Crippen LogP contribution is -2.44. The number of anilines is 1. The molecule has 10 heteroatoms. The van der Waals surface area contributed by atoms with Crippen molar-refractivity contribution in [2.75, 3.05) is 5.32 Å². The van der Waals surface area contributed by atoms with Gasteiger partial charge < -0.3 is 5.32 Å². The van der Waals surface area contributed by atoms with E-state index in [9.17, 15) is 18.0 Å². The highest BCUT2D eigenvalue weighted by atomic mass is 35.5. The Kier molecular flexibility index (Phi) is 4.90. The van der Waals surface area contributed by atoms with Gasteiger partial charge in [-0.3, -0.25) is 15.2 Å². The molecule has 1 aromatic heterocycles. The van der Waals surface area contributed by atoms with E-state index in [1.54, 1.807) is 5.10 Å². The van der Waals surface area contributed by atoms with Crippen LogP contribution in [0.25, 0.3) is 0 Å². The molecule has 3 N–H and O–H groups in total. The largest absolute Gasteiger partial charge is 0.451 e. The van der Waals surface area contributed by atoms with E-state index in [-0.39, 0.29) is 12.4 Å². The molecule has 0 spiro atoms. The van der Waals surface area contributed by atoms with Gasteiger partial charge in [0, 0.05) is 6.54 Å². The van der Waals surface area contributed by atoms with Crippen LogP contribution >= 0.6 is 12.4 Å². The maximum Gasteiger partial charge on any atom is 0.451 e. The van der Waals surface area contributed by atoms with Crippen molar-refractivity contribution in [3.63, 3.8) is 0 Å². The van der Waals surface area contributed by atoms with Crippen molar-refractivity contribution < 1.29 is 18.0 Å². The first-order chi connectivity index (χ1) is 10.4. The number of carbonyl (C=O) groups is 1. The quantitative estimate of drug-likeness (QED) is 0.775. The first-order valence-electron chi connectivity index (χ1n) is 6.54. The lowest BCUT2D eigenvalue weighted by Gasteiger charge is -2.24. The smallest absolute Gasteiger partial charge is 0.301 e. The zero-order valence-corrected chi connectivity index (χ0v) is 12.5. The highest BCUT2D eigenvalue weighted by molar-refractivity contribution is 5.93. The minimum absolute atomic E-state index is 0. The van der Waals surface area contributed by atoms with E-state index in [0.717, 1.165) is 11.1 Å². The third-order valence-corrected chi connectivity index (χ3v) is 3.39. The van der Waals surface area contributed by atoms with Gasteiger partial charge in [-0.05, 0) is 17.5 Å². The molecule has 1 aromatic carbocycles. The summed E-state index contributed by atoms with van der Waals surface area (Å²) in [5, 5.41) is 10.4. The van der Waals surface area contributed by atoms with Gasteiger partial charge in [-0.25, -0.2) is 0 Å². The molecule has 124 valence electrons. The van der Waals surface area contributed by atoms with Gasteiger partial charge in [-0.1, -0.05) is 24.3 Å². The second-order valence-electron chi connectivity index (χ2n) is 4.90. The summed E-state index contributed by atoms with van der Waals surface area (Å²) < 4.78 is 37.2. The third-order valence-electron chi connectivity index (χ3n) is 3.39. The molecule has 0 saturated carbocycles. The molecule has 0 radical (unpaired) electrons. The van der Waals surface area contributed by atoms with Crippen LogP contribution in [0, 0.1) is 0 Å². The average Bonchev–Trinajstić information content (AvgIpc) is 2.95.